The van der Waals surface area contributed by atoms with Crippen molar-refractivity contribution in [3.8, 4) is 0 Å². The van der Waals surface area contributed by atoms with Gasteiger partial charge in [-0.15, -0.1) is 0 Å². The highest BCUT2D eigenvalue weighted by atomic mass is 16.3. The summed E-state index contributed by atoms with van der Waals surface area (Å²) in [6.45, 7) is 4.24. The van der Waals surface area contributed by atoms with Crippen LogP contribution in [0.1, 0.15) is 53.8 Å². The van der Waals surface area contributed by atoms with Crippen molar-refractivity contribution in [3.63, 3.8) is 0 Å². The zero-order valence-corrected chi connectivity index (χ0v) is 12.5. The summed E-state index contributed by atoms with van der Waals surface area (Å²) in [5.41, 5.74) is 0.982. The Kier molecular flexibility index (Phi) is 3.57. The number of aliphatic hydroxyl groups excluding tert-OH is 1. The number of carbonyl (C=O) groups is 2. The molecule has 0 saturated heterocycles. The summed E-state index contributed by atoms with van der Waals surface area (Å²) < 4.78 is 0. The summed E-state index contributed by atoms with van der Waals surface area (Å²) in [6, 6.07) is 6.78. The topological polar surface area (TPSA) is 57.6 Å². The number of hydrogen-bond donors (Lipinski definition) is 1. The van der Waals surface area contributed by atoms with E-state index in [1.807, 2.05) is 0 Å². The highest BCUT2D eigenvalue weighted by Gasteiger charge is 2.45. The van der Waals surface area contributed by atoms with E-state index in [9.17, 15) is 14.7 Å². The number of nitrogens with zero attached hydrogens (tertiary/aromatic N) is 1. The number of rotatable bonds is 2. The molecule has 3 unspecified atom stereocenters. The number of benzene rings is 1. The highest BCUT2D eigenvalue weighted by Crippen LogP contribution is 2.37. The van der Waals surface area contributed by atoms with Crippen molar-refractivity contribution < 1.29 is 14.7 Å². The second-order valence-electron chi connectivity index (χ2n) is 6.47. The maximum atomic E-state index is 12.6. The average molecular weight is 287 g/mol. The summed E-state index contributed by atoms with van der Waals surface area (Å²) in [7, 11) is 0. The molecule has 2 aliphatic rings. The van der Waals surface area contributed by atoms with Gasteiger partial charge in [0.05, 0.1) is 17.2 Å². The van der Waals surface area contributed by atoms with Gasteiger partial charge in [0.1, 0.15) is 0 Å². The minimum Gasteiger partial charge on any atom is -0.393 e. The van der Waals surface area contributed by atoms with Crippen LogP contribution in [0.5, 0.6) is 0 Å². The van der Waals surface area contributed by atoms with Crippen LogP contribution in [-0.2, 0) is 0 Å². The Morgan fingerprint density at radius 1 is 1.10 bits per heavy atom. The van der Waals surface area contributed by atoms with Crippen LogP contribution in [0.2, 0.25) is 0 Å². The summed E-state index contributed by atoms with van der Waals surface area (Å²) in [6.07, 6.45) is 1.68. The molecule has 0 bridgehead atoms. The van der Waals surface area contributed by atoms with Crippen LogP contribution in [0, 0.1) is 11.8 Å². The van der Waals surface area contributed by atoms with Crippen molar-refractivity contribution in [1.82, 2.24) is 4.90 Å². The molecule has 0 aromatic heterocycles. The van der Waals surface area contributed by atoms with E-state index >= 15 is 0 Å². The number of amides is 2. The lowest BCUT2D eigenvalue weighted by atomic mass is 9.76. The van der Waals surface area contributed by atoms with Gasteiger partial charge in [0.25, 0.3) is 11.8 Å². The van der Waals surface area contributed by atoms with Gasteiger partial charge in [0.2, 0.25) is 0 Å². The van der Waals surface area contributed by atoms with Crippen LogP contribution in [0.4, 0.5) is 0 Å². The van der Waals surface area contributed by atoms with Gasteiger partial charge in [0.15, 0.2) is 0 Å². The monoisotopic (exact) mass is 287 g/mol. The Bertz CT molecular complexity index is 546. The molecule has 2 amide bonds. The third kappa shape index (κ3) is 2.27. The first-order valence-electron chi connectivity index (χ1n) is 7.65. The number of aliphatic hydroxyl groups is 1. The van der Waals surface area contributed by atoms with E-state index in [4.69, 9.17) is 0 Å². The van der Waals surface area contributed by atoms with Gasteiger partial charge in [-0.3, -0.25) is 14.5 Å². The molecule has 112 valence electrons. The van der Waals surface area contributed by atoms with Crippen LogP contribution >= 0.6 is 0 Å². The molecular formula is C17H21NO3. The Balaban J connectivity index is 1.96. The van der Waals surface area contributed by atoms with E-state index in [0.717, 1.165) is 12.8 Å². The molecule has 4 heteroatoms. The summed E-state index contributed by atoms with van der Waals surface area (Å²) in [5.74, 6) is 0.225. The zero-order valence-electron chi connectivity index (χ0n) is 12.5. The van der Waals surface area contributed by atoms with Gasteiger partial charge in [-0.05, 0) is 43.2 Å². The number of fused-ring (bicyclic) bond motifs is 1. The van der Waals surface area contributed by atoms with Crippen LogP contribution < -0.4 is 0 Å². The van der Waals surface area contributed by atoms with E-state index in [2.05, 4.69) is 13.8 Å². The highest BCUT2D eigenvalue weighted by molar-refractivity contribution is 6.21. The Labute approximate surface area is 124 Å². The minimum absolute atomic E-state index is 0.193. The van der Waals surface area contributed by atoms with Gasteiger partial charge < -0.3 is 5.11 Å². The van der Waals surface area contributed by atoms with Crippen LogP contribution in [0.15, 0.2) is 24.3 Å². The van der Waals surface area contributed by atoms with E-state index in [-0.39, 0.29) is 23.8 Å². The summed E-state index contributed by atoms with van der Waals surface area (Å²) in [4.78, 5) is 26.6. The largest absolute Gasteiger partial charge is 0.393 e. The lowest BCUT2D eigenvalue weighted by molar-refractivity contribution is 0.0164. The molecular weight excluding hydrogens is 266 g/mol. The van der Waals surface area contributed by atoms with Crippen LogP contribution in [0.25, 0.3) is 0 Å². The van der Waals surface area contributed by atoms with Crippen LogP contribution in [-0.4, -0.2) is 34.0 Å². The first-order valence-corrected chi connectivity index (χ1v) is 7.65. The van der Waals surface area contributed by atoms with E-state index < -0.39 is 6.10 Å². The molecule has 21 heavy (non-hydrogen) atoms. The molecule has 1 aromatic rings. The second kappa shape index (κ2) is 5.26. The lowest BCUT2D eigenvalue weighted by Crippen LogP contribution is -2.49. The Morgan fingerprint density at radius 3 is 2.19 bits per heavy atom. The number of hydrogen-bond acceptors (Lipinski definition) is 3. The Morgan fingerprint density at radius 2 is 1.67 bits per heavy atom. The van der Waals surface area contributed by atoms with Gasteiger partial charge in [-0.1, -0.05) is 26.0 Å². The Hall–Kier alpha value is -1.68. The predicted octanol–water partition coefficient (Wildman–Crippen LogP) is 2.47. The zero-order chi connectivity index (χ0) is 15.1. The fourth-order valence-electron chi connectivity index (χ4n) is 3.73. The summed E-state index contributed by atoms with van der Waals surface area (Å²) in [5, 5.41) is 9.98. The van der Waals surface area contributed by atoms with Gasteiger partial charge in [-0.2, -0.15) is 0 Å². The molecule has 1 saturated carbocycles. The maximum Gasteiger partial charge on any atom is 0.261 e. The fourth-order valence-corrected chi connectivity index (χ4v) is 3.73. The van der Waals surface area contributed by atoms with E-state index in [1.165, 1.54) is 4.90 Å². The fraction of sp³-hybridized carbons (Fsp3) is 0.529. The van der Waals surface area contributed by atoms with E-state index in [0.29, 0.717) is 23.5 Å². The molecule has 3 atom stereocenters. The number of carbonyl (C=O) groups excluding carboxylic acids is 2. The number of imide groups is 1. The molecule has 1 heterocycles. The van der Waals surface area contributed by atoms with Crippen LogP contribution in [0.3, 0.4) is 0 Å². The molecule has 1 fully saturated rings. The maximum absolute atomic E-state index is 12.6. The lowest BCUT2D eigenvalue weighted by Gasteiger charge is -2.40. The minimum atomic E-state index is -0.422. The molecule has 1 aliphatic carbocycles. The van der Waals surface area contributed by atoms with Crippen molar-refractivity contribution in [2.24, 2.45) is 11.8 Å². The molecule has 1 aromatic carbocycles. The van der Waals surface area contributed by atoms with Gasteiger partial charge in [-0.25, -0.2) is 0 Å². The van der Waals surface area contributed by atoms with Crippen molar-refractivity contribution in [2.45, 2.75) is 45.3 Å². The third-order valence-corrected chi connectivity index (χ3v) is 4.85. The molecule has 4 nitrogen and oxygen atoms in total. The average Bonchev–Trinajstić information content (AvgIpc) is 2.71. The summed E-state index contributed by atoms with van der Waals surface area (Å²) >= 11 is 0. The molecule has 0 spiro atoms. The van der Waals surface area contributed by atoms with E-state index in [1.54, 1.807) is 24.3 Å². The van der Waals surface area contributed by atoms with Gasteiger partial charge >= 0.3 is 0 Å². The normalized spacial score (nSPS) is 29.1. The molecule has 1 aliphatic heterocycles. The standard InChI is InChI=1S/C17H21NO3/c1-10(2)12-8-7-11(19)9-15(12)18-16(20)13-5-3-4-6-14(13)17(18)21/h3-6,10-12,15,19H,7-9H2,1-2H3. The molecule has 0 radical (unpaired) electrons. The third-order valence-electron chi connectivity index (χ3n) is 4.85. The first kappa shape index (κ1) is 14.3. The van der Waals surface area contributed by atoms with Crippen molar-refractivity contribution in [1.29, 1.82) is 0 Å². The quantitative estimate of drug-likeness (QED) is 0.850. The molecule has 1 N–H and O–H groups in total. The van der Waals surface area contributed by atoms with Crippen molar-refractivity contribution >= 4 is 11.8 Å². The molecule has 3 rings (SSSR count). The van der Waals surface area contributed by atoms with Crippen molar-refractivity contribution in [2.75, 3.05) is 0 Å². The predicted molar refractivity (Wildman–Crippen MR) is 78.9 cm³/mol. The first-order chi connectivity index (χ1) is 10.0. The second-order valence-corrected chi connectivity index (χ2v) is 6.47. The smallest absolute Gasteiger partial charge is 0.261 e. The SMILES string of the molecule is CC(C)C1CCC(O)CC1N1C(=O)c2ccccc2C1=O. The van der Waals surface area contributed by atoms with Gasteiger partial charge in [0, 0.05) is 6.04 Å². The van der Waals surface area contributed by atoms with Crippen molar-refractivity contribution in [3.05, 3.63) is 35.4 Å².